The number of hydrogen-bond acceptors (Lipinski definition) is 4. The number of benzene rings is 1. The summed E-state index contributed by atoms with van der Waals surface area (Å²) in [4.78, 5) is 9.19. The summed E-state index contributed by atoms with van der Waals surface area (Å²) in [5.74, 6) is 1.48. The first-order valence-electron chi connectivity index (χ1n) is 6.20. The molecule has 3 rings (SSSR count). The minimum Gasteiger partial charge on any atom is -0.376 e. The maximum Gasteiger partial charge on any atom is 0.163 e. The quantitative estimate of drug-likeness (QED) is 0.915. The van der Waals surface area contributed by atoms with Crippen molar-refractivity contribution < 1.29 is 4.74 Å². The van der Waals surface area contributed by atoms with E-state index >= 15 is 0 Å². The molecule has 0 bridgehead atoms. The first-order chi connectivity index (χ1) is 9.29. The molecule has 1 aliphatic rings. The number of halogens is 1. The predicted octanol–water partition coefficient (Wildman–Crippen LogP) is 2.91. The van der Waals surface area contributed by atoms with E-state index in [0.717, 1.165) is 29.1 Å². The molecule has 4 nitrogen and oxygen atoms in total. The van der Waals surface area contributed by atoms with Crippen LogP contribution in [0.1, 0.15) is 11.3 Å². The number of aromatic nitrogens is 2. The second kappa shape index (κ2) is 5.15. The third-order valence-corrected chi connectivity index (χ3v) is 3.50. The van der Waals surface area contributed by atoms with E-state index in [9.17, 15) is 0 Å². The van der Waals surface area contributed by atoms with Gasteiger partial charge in [0.15, 0.2) is 5.82 Å². The van der Waals surface area contributed by atoms with E-state index in [1.165, 1.54) is 0 Å². The highest BCUT2D eigenvalue weighted by molar-refractivity contribution is 6.33. The van der Waals surface area contributed by atoms with Gasteiger partial charge < -0.3 is 10.1 Å². The first-order valence-corrected chi connectivity index (χ1v) is 6.57. The van der Waals surface area contributed by atoms with Crippen molar-refractivity contribution in [2.75, 3.05) is 19.0 Å². The molecule has 0 saturated carbocycles. The first kappa shape index (κ1) is 12.4. The van der Waals surface area contributed by atoms with Gasteiger partial charge in [0.25, 0.3) is 0 Å². The molecule has 1 aromatic carbocycles. The number of nitrogens with one attached hydrogen (secondary N) is 1. The van der Waals surface area contributed by atoms with Crippen LogP contribution in [-0.2, 0) is 17.8 Å². The van der Waals surface area contributed by atoms with Crippen molar-refractivity contribution >= 4 is 17.4 Å². The minimum atomic E-state index is 0.564. The highest BCUT2D eigenvalue weighted by atomic mass is 35.5. The average molecular weight is 276 g/mol. The molecule has 0 spiro atoms. The van der Waals surface area contributed by atoms with Crippen LogP contribution in [0.15, 0.2) is 24.3 Å². The summed E-state index contributed by atoms with van der Waals surface area (Å²) in [6.45, 7) is 1.27. The van der Waals surface area contributed by atoms with Crippen molar-refractivity contribution in [1.82, 2.24) is 9.97 Å². The van der Waals surface area contributed by atoms with Crippen LogP contribution in [0, 0.1) is 0 Å². The van der Waals surface area contributed by atoms with Gasteiger partial charge in [-0.3, -0.25) is 0 Å². The molecule has 0 fully saturated rings. The summed E-state index contributed by atoms with van der Waals surface area (Å²) in [7, 11) is 1.85. The molecule has 1 aromatic heterocycles. The number of ether oxygens (including phenoxy) is 1. The Morgan fingerprint density at radius 2 is 2.11 bits per heavy atom. The van der Waals surface area contributed by atoms with Gasteiger partial charge >= 0.3 is 0 Å². The maximum absolute atomic E-state index is 6.21. The standard InChI is InChI=1S/C14H14ClN3O/c1-16-13-10-8-19-7-6-12(10)17-14(18-13)9-4-2-3-5-11(9)15/h2-5H,6-8H2,1H3,(H,16,17,18). The molecule has 0 atom stereocenters. The van der Waals surface area contributed by atoms with E-state index < -0.39 is 0 Å². The number of nitrogens with zero attached hydrogens (tertiary/aromatic N) is 2. The molecule has 98 valence electrons. The third-order valence-electron chi connectivity index (χ3n) is 3.17. The molecule has 0 saturated heterocycles. The van der Waals surface area contributed by atoms with Crippen molar-refractivity contribution in [3.8, 4) is 11.4 Å². The van der Waals surface area contributed by atoms with E-state index in [0.29, 0.717) is 24.1 Å². The Morgan fingerprint density at radius 3 is 2.89 bits per heavy atom. The number of anilines is 1. The van der Waals surface area contributed by atoms with Crippen molar-refractivity contribution in [2.24, 2.45) is 0 Å². The molecule has 0 aliphatic carbocycles. The Hall–Kier alpha value is -1.65. The van der Waals surface area contributed by atoms with Crippen LogP contribution in [0.4, 0.5) is 5.82 Å². The van der Waals surface area contributed by atoms with Gasteiger partial charge in [-0.2, -0.15) is 0 Å². The van der Waals surface area contributed by atoms with Crippen molar-refractivity contribution in [2.45, 2.75) is 13.0 Å². The van der Waals surface area contributed by atoms with Crippen LogP contribution in [0.25, 0.3) is 11.4 Å². The summed E-state index contributed by atoms with van der Waals surface area (Å²) in [5, 5.41) is 3.77. The molecular formula is C14H14ClN3O. The Labute approximate surface area is 116 Å². The average Bonchev–Trinajstić information content (AvgIpc) is 2.46. The molecule has 5 heteroatoms. The predicted molar refractivity (Wildman–Crippen MR) is 75.4 cm³/mol. The molecular weight excluding hydrogens is 262 g/mol. The number of rotatable bonds is 2. The van der Waals surface area contributed by atoms with Crippen LogP contribution < -0.4 is 5.32 Å². The summed E-state index contributed by atoms with van der Waals surface area (Å²) in [6.07, 6.45) is 0.810. The summed E-state index contributed by atoms with van der Waals surface area (Å²) < 4.78 is 5.46. The van der Waals surface area contributed by atoms with E-state index in [1.54, 1.807) is 0 Å². The van der Waals surface area contributed by atoms with E-state index in [1.807, 2.05) is 31.3 Å². The van der Waals surface area contributed by atoms with E-state index in [-0.39, 0.29) is 0 Å². The number of fused-ring (bicyclic) bond motifs is 1. The molecule has 0 amide bonds. The van der Waals surface area contributed by atoms with Gasteiger partial charge in [0.1, 0.15) is 5.82 Å². The zero-order valence-electron chi connectivity index (χ0n) is 10.6. The lowest BCUT2D eigenvalue weighted by atomic mass is 10.1. The summed E-state index contributed by atoms with van der Waals surface area (Å²) in [6, 6.07) is 7.62. The van der Waals surface area contributed by atoms with Gasteiger partial charge in [-0.1, -0.05) is 23.7 Å². The van der Waals surface area contributed by atoms with Gasteiger partial charge in [-0.15, -0.1) is 0 Å². The van der Waals surface area contributed by atoms with Crippen molar-refractivity contribution in [3.63, 3.8) is 0 Å². The van der Waals surface area contributed by atoms with Gasteiger partial charge in [-0.05, 0) is 12.1 Å². The smallest absolute Gasteiger partial charge is 0.163 e. The highest BCUT2D eigenvalue weighted by Crippen LogP contribution is 2.29. The molecule has 1 aliphatic heterocycles. The molecule has 2 aromatic rings. The second-order valence-corrected chi connectivity index (χ2v) is 4.76. The van der Waals surface area contributed by atoms with Crippen LogP contribution in [0.3, 0.4) is 0 Å². The third kappa shape index (κ3) is 2.29. The monoisotopic (exact) mass is 275 g/mol. The highest BCUT2D eigenvalue weighted by Gasteiger charge is 2.18. The van der Waals surface area contributed by atoms with Crippen LogP contribution in [0.5, 0.6) is 0 Å². The topological polar surface area (TPSA) is 47.0 Å². The van der Waals surface area contributed by atoms with Crippen LogP contribution >= 0.6 is 11.6 Å². The Balaban J connectivity index is 2.15. The van der Waals surface area contributed by atoms with Gasteiger partial charge in [0.2, 0.25) is 0 Å². The zero-order valence-corrected chi connectivity index (χ0v) is 11.4. The van der Waals surface area contributed by atoms with Gasteiger partial charge in [0.05, 0.1) is 23.9 Å². The van der Waals surface area contributed by atoms with Gasteiger partial charge in [0, 0.05) is 24.6 Å². The van der Waals surface area contributed by atoms with Crippen LogP contribution in [0.2, 0.25) is 5.02 Å². The van der Waals surface area contributed by atoms with Crippen molar-refractivity contribution in [3.05, 3.63) is 40.5 Å². The van der Waals surface area contributed by atoms with Gasteiger partial charge in [-0.25, -0.2) is 9.97 Å². The molecule has 2 heterocycles. The maximum atomic E-state index is 6.21. The van der Waals surface area contributed by atoms with E-state index in [4.69, 9.17) is 16.3 Å². The largest absolute Gasteiger partial charge is 0.376 e. The summed E-state index contributed by atoms with van der Waals surface area (Å²) >= 11 is 6.21. The Bertz CT molecular complexity index is 598. The number of hydrogen-bond donors (Lipinski definition) is 1. The van der Waals surface area contributed by atoms with Crippen LogP contribution in [-0.4, -0.2) is 23.6 Å². The lowest BCUT2D eigenvalue weighted by Gasteiger charge is -2.19. The Kier molecular flexibility index (Phi) is 3.36. The fourth-order valence-corrected chi connectivity index (χ4v) is 2.42. The van der Waals surface area contributed by atoms with Crippen molar-refractivity contribution in [1.29, 1.82) is 0 Å². The lowest BCUT2D eigenvalue weighted by molar-refractivity contribution is 0.109. The molecule has 1 N–H and O–H groups in total. The fourth-order valence-electron chi connectivity index (χ4n) is 2.20. The molecule has 19 heavy (non-hydrogen) atoms. The zero-order chi connectivity index (χ0) is 13.2. The van der Waals surface area contributed by atoms with E-state index in [2.05, 4.69) is 15.3 Å². The normalized spacial score (nSPS) is 14.0. The molecule has 0 radical (unpaired) electrons. The Morgan fingerprint density at radius 1 is 1.26 bits per heavy atom. The molecule has 0 unspecified atom stereocenters. The minimum absolute atomic E-state index is 0.564. The SMILES string of the molecule is CNc1nc(-c2ccccc2Cl)nc2c1COCC2. The lowest BCUT2D eigenvalue weighted by Crippen LogP contribution is -2.16. The summed E-state index contributed by atoms with van der Waals surface area (Å²) in [5.41, 5.74) is 2.94. The fraction of sp³-hybridized carbons (Fsp3) is 0.286. The second-order valence-electron chi connectivity index (χ2n) is 4.35.